The summed E-state index contributed by atoms with van der Waals surface area (Å²) >= 11 is 0. The lowest BCUT2D eigenvalue weighted by Crippen LogP contribution is -1.93. The molecular formula is C47H31N. The van der Waals surface area contributed by atoms with Gasteiger partial charge in [0.05, 0.1) is 0 Å². The smallest absolute Gasteiger partial charge is 0.0353 e. The maximum atomic E-state index is 4.65. The van der Waals surface area contributed by atoms with Crippen molar-refractivity contribution in [3.8, 4) is 55.6 Å². The van der Waals surface area contributed by atoms with Gasteiger partial charge in [-0.2, -0.15) is 0 Å². The van der Waals surface area contributed by atoms with E-state index in [4.69, 9.17) is 0 Å². The molecule has 0 atom stereocenters. The fraction of sp³-hybridized carbons (Fsp3) is 0. The third kappa shape index (κ3) is 4.94. The topological polar surface area (TPSA) is 12.9 Å². The van der Waals surface area contributed by atoms with E-state index in [9.17, 15) is 0 Å². The van der Waals surface area contributed by atoms with Gasteiger partial charge in [0.2, 0.25) is 0 Å². The Bertz CT molecular complexity index is 2570. The van der Waals surface area contributed by atoms with Crippen molar-refractivity contribution in [3.63, 3.8) is 0 Å². The highest BCUT2D eigenvalue weighted by atomic mass is 14.6. The molecule has 0 saturated heterocycles. The zero-order valence-corrected chi connectivity index (χ0v) is 26.3. The van der Waals surface area contributed by atoms with Gasteiger partial charge in [-0.15, -0.1) is 0 Å². The lowest BCUT2D eigenvalue weighted by Gasteiger charge is -2.19. The summed E-state index contributed by atoms with van der Waals surface area (Å²) in [6, 6.07) is 63.7. The molecule has 0 bridgehead atoms. The molecular weight excluding hydrogens is 579 g/mol. The van der Waals surface area contributed by atoms with Gasteiger partial charge in [0.25, 0.3) is 0 Å². The van der Waals surface area contributed by atoms with Gasteiger partial charge in [-0.25, -0.2) is 0 Å². The monoisotopic (exact) mass is 609 g/mol. The highest BCUT2D eigenvalue weighted by Gasteiger charge is 2.18. The molecule has 1 heterocycles. The highest BCUT2D eigenvalue weighted by molar-refractivity contribution is 6.21. The van der Waals surface area contributed by atoms with Crippen LogP contribution < -0.4 is 0 Å². The fourth-order valence-electron chi connectivity index (χ4n) is 7.16. The van der Waals surface area contributed by atoms with Crippen molar-refractivity contribution in [2.45, 2.75) is 0 Å². The van der Waals surface area contributed by atoms with Crippen molar-refractivity contribution in [2.24, 2.45) is 0 Å². The van der Waals surface area contributed by atoms with Crippen LogP contribution in [0, 0.1) is 0 Å². The summed E-state index contributed by atoms with van der Waals surface area (Å²) in [7, 11) is 0. The summed E-state index contributed by atoms with van der Waals surface area (Å²) in [4.78, 5) is 4.65. The van der Waals surface area contributed by atoms with Gasteiger partial charge >= 0.3 is 0 Å². The first-order chi connectivity index (χ1) is 23.8. The Morgan fingerprint density at radius 3 is 1.38 bits per heavy atom. The standard InChI is InChI=1S/C47H31N/c1-3-9-32(10-4-1)35-15-20-37(21-16-35)46-43-27-28-48-31-45(43)47(38-22-17-36(18-23-38)33-11-5-2-6-12-33)42-26-25-41(30-44(42)46)40-24-19-34-13-7-8-14-39(34)29-40/h1-31H. The van der Waals surface area contributed by atoms with Gasteiger partial charge in [-0.3, -0.25) is 4.98 Å². The van der Waals surface area contributed by atoms with Gasteiger partial charge in [0.1, 0.15) is 0 Å². The Labute approximate surface area is 280 Å². The third-order valence-electron chi connectivity index (χ3n) is 9.56. The van der Waals surface area contributed by atoms with E-state index in [0.29, 0.717) is 0 Å². The van der Waals surface area contributed by atoms with Crippen LogP contribution in [0.25, 0.3) is 88.0 Å². The van der Waals surface area contributed by atoms with Gasteiger partial charge < -0.3 is 0 Å². The largest absolute Gasteiger partial charge is 0.264 e. The molecule has 1 heteroatoms. The summed E-state index contributed by atoms with van der Waals surface area (Å²) in [5.74, 6) is 0. The molecule has 0 aliphatic carbocycles. The Hall–Kier alpha value is -6.31. The van der Waals surface area contributed by atoms with Crippen molar-refractivity contribution in [3.05, 3.63) is 188 Å². The predicted octanol–water partition coefficient (Wildman–Crippen LogP) is 12.9. The molecule has 9 aromatic rings. The molecule has 0 unspecified atom stereocenters. The van der Waals surface area contributed by atoms with E-state index in [-0.39, 0.29) is 0 Å². The van der Waals surface area contributed by atoms with Gasteiger partial charge in [0, 0.05) is 17.8 Å². The molecule has 1 nitrogen and oxygen atoms in total. The molecule has 0 radical (unpaired) electrons. The van der Waals surface area contributed by atoms with E-state index < -0.39 is 0 Å². The van der Waals surface area contributed by atoms with Crippen LogP contribution in [0.5, 0.6) is 0 Å². The molecule has 0 aliphatic rings. The molecule has 8 aromatic carbocycles. The first kappa shape index (κ1) is 28.0. The highest BCUT2D eigenvalue weighted by Crippen LogP contribution is 2.45. The fourth-order valence-corrected chi connectivity index (χ4v) is 7.16. The molecule has 0 saturated carbocycles. The second-order valence-corrected chi connectivity index (χ2v) is 12.4. The number of rotatable bonds is 5. The van der Waals surface area contributed by atoms with E-state index >= 15 is 0 Å². The van der Waals surface area contributed by atoms with Gasteiger partial charge in [0.15, 0.2) is 0 Å². The lowest BCUT2D eigenvalue weighted by atomic mass is 9.85. The number of nitrogens with zero attached hydrogens (tertiary/aromatic N) is 1. The van der Waals surface area contributed by atoms with Crippen LogP contribution in [0.15, 0.2) is 188 Å². The first-order valence-corrected chi connectivity index (χ1v) is 16.4. The minimum Gasteiger partial charge on any atom is -0.264 e. The predicted molar refractivity (Wildman–Crippen MR) is 204 cm³/mol. The number of pyridine rings is 1. The molecule has 1 aromatic heterocycles. The number of fused-ring (bicyclic) bond motifs is 3. The van der Waals surface area contributed by atoms with Crippen LogP contribution in [-0.4, -0.2) is 4.98 Å². The molecule has 48 heavy (non-hydrogen) atoms. The normalized spacial score (nSPS) is 11.3. The average molecular weight is 610 g/mol. The number of aromatic nitrogens is 1. The van der Waals surface area contributed by atoms with E-state index in [2.05, 4.69) is 181 Å². The van der Waals surface area contributed by atoms with Crippen molar-refractivity contribution in [2.75, 3.05) is 0 Å². The minimum atomic E-state index is 1.15. The Kier molecular flexibility index (Phi) is 6.87. The number of hydrogen-bond acceptors (Lipinski definition) is 1. The SMILES string of the molecule is c1ccc(-c2ccc(-c3c4ccc(-c5ccc6ccccc6c5)cc4c(-c4ccc(-c5ccccc5)cc4)c4ccncc34)cc2)cc1. The van der Waals surface area contributed by atoms with Crippen molar-refractivity contribution < 1.29 is 0 Å². The summed E-state index contributed by atoms with van der Waals surface area (Å²) in [5, 5.41) is 7.29. The third-order valence-corrected chi connectivity index (χ3v) is 9.56. The van der Waals surface area contributed by atoms with Crippen LogP contribution >= 0.6 is 0 Å². The Morgan fingerprint density at radius 2 is 0.729 bits per heavy atom. The van der Waals surface area contributed by atoms with Crippen LogP contribution in [0.3, 0.4) is 0 Å². The summed E-state index contributed by atoms with van der Waals surface area (Å²) in [6.07, 6.45) is 3.96. The quantitative estimate of drug-likeness (QED) is 0.177. The Morgan fingerprint density at radius 1 is 0.271 bits per heavy atom. The lowest BCUT2D eigenvalue weighted by molar-refractivity contribution is 1.37. The van der Waals surface area contributed by atoms with E-state index in [1.807, 2.05) is 12.4 Å². The van der Waals surface area contributed by atoms with Crippen molar-refractivity contribution in [1.29, 1.82) is 0 Å². The van der Waals surface area contributed by atoms with Crippen molar-refractivity contribution in [1.82, 2.24) is 4.98 Å². The van der Waals surface area contributed by atoms with E-state index in [0.717, 1.165) is 5.39 Å². The van der Waals surface area contributed by atoms with E-state index in [1.165, 1.54) is 82.6 Å². The summed E-state index contributed by atoms with van der Waals surface area (Å²) in [5.41, 5.74) is 12.1. The van der Waals surface area contributed by atoms with Crippen LogP contribution in [0.2, 0.25) is 0 Å². The average Bonchev–Trinajstić information content (AvgIpc) is 3.17. The molecule has 0 N–H and O–H groups in total. The summed E-state index contributed by atoms with van der Waals surface area (Å²) < 4.78 is 0. The minimum absolute atomic E-state index is 1.15. The molecule has 0 spiro atoms. The molecule has 0 fully saturated rings. The zero-order chi connectivity index (χ0) is 31.9. The van der Waals surface area contributed by atoms with Crippen LogP contribution in [-0.2, 0) is 0 Å². The second-order valence-electron chi connectivity index (χ2n) is 12.4. The summed E-state index contributed by atoms with van der Waals surface area (Å²) in [6.45, 7) is 0. The van der Waals surface area contributed by atoms with Crippen LogP contribution in [0.4, 0.5) is 0 Å². The second kappa shape index (κ2) is 11.8. The van der Waals surface area contributed by atoms with E-state index in [1.54, 1.807) is 0 Å². The van der Waals surface area contributed by atoms with Gasteiger partial charge in [-0.1, -0.05) is 158 Å². The number of benzene rings is 8. The maximum Gasteiger partial charge on any atom is 0.0353 e. The first-order valence-electron chi connectivity index (χ1n) is 16.4. The molecule has 0 aliphatic heterocycles. The van der Waals surface area contributed by atoms with Gasteiger partial charge in [-0.05, 0) is 101 Å². The van der Waals surface area contributed by atoms with Crippen molar-refractivity contribution >= 4 is 32.3 Å². The maximum absolute atomic E-state index is 4.65. The van der Waals surface area contributed by atoms with Crippen LogP contribution in [0.1, 0.15) is 0 Å². The molecule has 0 amide bonds. The number of hydrogen-bond donors (Lipinski definition) is 0. The zero-order valence-electron chi connectivity index (χ0n) is 26.3. The Balaban J connectivity index is 1.29. The molecule has 224 valence electrons. The molecule has 9 rings (SSSR count).